The van der Waals surface area contributed by atoms with Crippen molar-refractivity contribution in [3.05, 3.63) is 35.4 Å². The van der Waals surface area contributed by atoms with Gasteiger partial charge >= 0.3 is 0 Å². The molecule has 1 unspecified atom stereocenters. The Morgan fingerprint density at radius 1 is 1.41 bits per heavy atom. The summed E-state index contributed by atoms with van der Waals surface area (Å²) < 4.78 is 32.1. The number of ether oxygens (including phenoxy) is 1. The van der Waals surface area contributed by atoms with Gasteiger partial charge in [0.15, 0.2) is 5.78 Å². The van der Waals surface area contributed by atoms with Crippen LogP contribution in [0.1, 0.15) is 25.3 Å². The molecule has 1 aromatic rings. The number of hydrogen-bond donors (Lipinski definition) is 0. The van der Waals surface area contributed by atoms with Gasteiger partial charge in [-0.2, -0.15) is 0 Å². The first-order valence-corrected chi connectivity index (χ1v) is 5.63. The quantitative estimate of drug-likeness (QED) is 0.811. The van der Waals surface area contributed by atoms with Crippen LogP contribution in [0.2, 0.25) is 0 Å². The zero-order valence-corrected chi connectivity index (χ0v) is 9.63. The largest absolute Gasteiger partial charge is 0.367 e. The highest BCUT2D eigenvalue weighted by Crippen LogP contribution is 2.28. The van der Waals surface area contributed by atoms with Crippen LogP contribution in [0.4, 0.5) is 8.78 Å². The van der Waals surface area contributed by atoms with Gasteiger partial charge < -0.3 is 4.74 Å². The molecule has 1 saturated heterocycles. The van der Waals surface area contributed by atoms with Gasteiger partial charge in [-0.1, -0.05) is 6.07 Å². The van der Waals surface area contributed by atoms with Gasteiger partial charge in [-0.25, -0.2) is 8.78 Å². The fourth-order valence-corrected chi connectivity index (χ4v) is 2.05. The van der Waals surface area contributed by atoms with Crippen LogP contribution in [0, 0.1) is 11.6 Å². The number of halogens is 2. The minimum atomic E-state index is -0.880. The molecule has 0 saturated carbocycles. The van der Waals surface area contributed by atoms with Crippen molar-refractivity contribution in [2.24, 2.45) is 0 Å². The van der Waals surface area contributed by atoms with Crippen molar-refractivity contribution in [2.75, 3.05) is 6.61 Å². The van der Waals surface area contributed by atoms with E-state index in [0.29, 0.717) is 13.0 Å². The van der Waals surface area contributed by atoms with Gasteiger partial charge in [0.2, 0.25) is 0 Å². The van der Waals surface area contributed by atoms with E-state index in [0.717, 1.165) is 18.6 Å². The maximum Gasteiger partial charge on any atom is 0.168 e. The second-order valence-corrected chi connectivity index (χ2v) is 4.48. The molecule has 1 aliphatic rings. The van der Waals surface area contributed by atoms with Gasteiger partial charge in [0, 0.05) is 18.6 Å². The highest BCUT2D eigenvalue weighted by atomic mass is 19.1. The minimum Gasteiger partial charge on any atom is -0.367 e. The van der Waals surface area contributed by atoms with E-state index in [-0.39, 0.29) is 17.8 Å². The second-order valence-electron chi connectivity index (χ2n) is 4.48. The molecule has 4 heteroatoms. The van der Waals surface area contributed by atoms with Crippen LogP contribution in [-0.2, 0) is 16.0 Å². The number of carbonyl (C=O) groups excluding carboxylic acids is 1. The Morgan fingerprint density at radius 3 is 2.59 bits per heavy atom. The molecular formula is C13H14F2O2. The van der Waals surface area contributed by atoms with E-state index >= 15 is 0 Å². The molecule has 1 aromatic carbocycles. The van der Waals surface area contributed by atoms with Crippen LogP contribution in [0.15, 0.2) is 18.2 Å². The predicted molar refractivity (Wildman–Crippen MR) is 58.7 cm³/mol. The molecule has 1 aliphatic heterocycles. The maximum absolute atomic E-state index is 13.4. The van der Waals surface area contributed by atoms with E-state index in [1.165, 1.54) is 6.07 Å². The molecule has 92 valence electrons. The molecule has 2 rings (SSSR count). The number of hydrogen-bond acceptors (Lipinski definition) is 2. The van der Waals surface area contributed by atoms with Crippen molar-refractivity contribution in [3.63, 3.8) is 0 Å². The average Bonchev–Trinajstić information content (AvgIpc) is 2.72. The zero-order valence-electron chi connectivity index (χ0n) is 9.63. The summed E-state index contributed by atoms with van der Waals surface area (Å²) in [6.45, 7) is 2.21. The number of carbonyl (C=O) groups is 1. The summed E-state index contributed by atoms with van der Waals surface area (Å²) in [7, 11) is 0. The molecule has 0 N–H and O–H groups in total. The number of rotatable bonds is 3. The Morgan fingerprint density at radius 2 is 2.06 bits per heavy atom. The first kappa shape index (κ1) is 12.2. The topological polar surface area (TPSA) is 26.3 Å². The predicted octanol–water partition coefficient (Wildman–Crippen LogP) is 2.65. The summed E-state index contributed by atoms with van der Waals surface area (Å²) >= 11 is 0. The summed E-state index contributed by atoms with van der Waals surface area (Å²) in [6.07, 6.45) is 1.17. The second kappa shape index (κ2) is 4.53. The lowest BCUT2D eigenvalue weighted by Crippen LogP contribution is -2.36. The molecule has 0 spiro atoms. The third-order valence-electron chi connectivity index (χ3n) is 3.21. The SMILES string of the molecule is CC1(C(=O)Cc2c(F)cccc2F)CCCO1. The van der Waals surface area contributed by atoms with Crippen LogP contribution in [0.3, 0.4) is 0 Å². The van der Waals surface area contributed by atoms with Crippen molar-refractivity contribution in [1.82, 2.24) is 0 Å². The van der Waals surface area contributed by atoms with Crippen LogP contribution in [0.5, 0.6) is 0 Å². The number of benzene rings is 1. The zero-order chi connectivity index (χ0) is 12.5. The Kier molecular flexibility index (Phi) is 3.24. The van der Waals surface area contributed by atoms with Gasteiger partial charge in [0.05, 0.1) is 0 Å². The number of Topliss-reactive ketones (excluding diaryl/α,β-unsaturated/α-hetero) is 1. The molecule has 1 fully saturated rings. The van der Waals surface area contributed by atoms with E-state index in [1.54, 1.807) is 6.92 Å². The van der Waals surface area contributed by atoms with Gasteiger partial charge in [0.25, 0.3) is 0 Å². The standard InChI is InChI=1S/C13H14F2O2/c1-13(6-3-7-17-13)12(16)8-9-10(14)4-2-5-11(9)15/h2,4-5H,3,6-8H2,1H3. The van der Waals surface area contributed by atoms with Crippen molar-refractivity contribution < 1.29 is 18.3 Å². The minimum absolute atomic E-state index is 0.172. The van der Waals surface area contributed by atoms with Crippen molar-refractivity contribution >= 4 is 5.78 Å². The third-order valence-corrected chi connectivity index (χ3v) is 3.21. The Hall–Kier alpha value is -1.29. The highest BCUT2D eigenvalue weighted by Gasteiger charge is 2.37. The Labute approximate surface area is 98.6 Å². The summed E-state index contributed by atoms with van der Waals surface area (Å²) in [5.41, 5.74) is -1.05. The molecule has 0 amide bonds. The summed E-state index contributed by atoms with van der Waals surface area (Å²) in [6, 6.07) is 3.60. The first-order chi connectivity index (χ1) is 8.03. The maximum atomic E-state index is 13.4. The van der Waals surface area contributed by atoms with Crippen molar-refractivity contribution in [2.45, 2.75) is 31.8 Å². The first-order valence-electron chi connectivity index (χ1n) is 5.63. The molecule has 0 aliphatic carbocycles. The lowest BCUT2D eigenvalue weighted by atomic mass is 9.92. The summed E-state index contributed by atoms with van der Waals surface area (Å²) in [4.78, 5) is 12.0. The van der Waals surface area contributed by atoms with Crippen molar-refractivity contribution in [1.29, 1.82) is 0 Å². The van der Waals surface area contributed by atoms with E-state index in [4.69, 9.17) is 4.74 Å². The van der Waals surface area contributed by atoms with Crippen LogP contribution in [-0.4, -0.2) is 18.0 Å². The third kappa shape index (κ3) is 2.36. The summed E-state index contributed by atoms with van der Waals surface area (Å²) in [5, 5.41) is 0. The normalized spacial score (nSPS) is 23.9. The number of ketones is 1. The van der Waals surface area contributed by atoms with Crippen LogP contribution in [0.25, 0.3) is 0 Å². The van der Waals surface area contributed by atoms with E-state index < -0.39 is 17.2 Å². The Bertz CT molecular complexity index is 417. The molecule has 0 radical (unpaired) electrons. The molecule has 2 nitrogen and oxygen atoms in total. The van der Waals surface area contributed by atoms with Gasteiger partial charge in [-0.05, 0) is 31.9 Å². The fourth-order valence-electron chi connectivity index (χ4n) is 2.05. The monoisotopic (exact) mass is 240 g/mol. The lowest BCUT2D eigenvalue weighted by Gasteiger charge is -2.21. The average molecular weight is 240 g/mol. The van der Waals surface area contributed by atoms with Gasteiger partial charge in [0.1, 0.15) is 17.2 Å². The molecule has 1 heterocycles. The molecule has 1 atom stereocenters. The van der Waals surface area contributed by atoms with Crippen LogP contribution >= 0.6 is 0 Å². The fraction of sp³-hybridized carbons (Fsp3) is 0.462. The molecular weight excluding hydrogens is 226 g/mol. The van der Waals surface area contributed by atoms with Crippen LogP contribution < -0.4 is 0 Å². The van der Waals surface area contributed by atoms with Gasteiger partial charge in [-0.15, -0.1) is 0 Å². The lowest BCUT2D eigenvalue weighted by molar-refractivity contribution is -0.136. The van der Waals surface area contributed by atoms with E-state index in [9.17, 15) is 13.6 Å². The highest BCUT2D eigenvalue weighted by molar-refractivity contribution is 5.89. The van der Waals surface area contributed by atoms with Gasteiger partial charge in [-0.3, -0.25) is 4.79 Å². The smallest absolute Gasteiger partial charge is 0.168 e. The molecule has 0 bridgehead atoms. The Balaban J connectivity index is 2.18. The molecule has 17 heavy (non-hydrogen) atoms. The molecule has 0 aromatic heterocycles. The van der Waals surface area contributed by atoms with E-state index in [2.05, 4.69) is 0 Å². The summed E-state index contributed by atoms with van der Waals surface area (Å²) in [5.74, 6) is -1.63. The van der Waals surface area contributed by atoms with E-state index in [1.807, 2.05) is 0 Å². The van der Waals surface area contributed by atoms with Crippen molar-refractivity contribution in [3.8, 4) is 0 Å².